The smallest absolute Gasteiger partial charge is 0.197 e. The Morgan fingerprint density at radius 2 is 1.52 bits per heavy atom. The van der Waals surface area contributed by atoms with E-state index in [0.29, 0.717) is 17.1 Å². The SMILES string of the molecule is COc1cccc(C(=O)c2c(C)cc(C)cc2C)c1OC.O=P. The minimum Gasteiger partial charge on any atom is -0.493 e. The first kappa shape index (κ1) is 18.9. The summed E-state index contributed by atoms with van der Waals surface area (Å²) in [4.78, 5) is 12.9. The number of para-hydroxylation sites is 1. The predicted molar refractivity (Wildman–Crippen MR) is 92.6 cm³/mol. The number of benzene rings is 2. The average molecular weight is 332 g/mol. The minimum atomic E-state index is -0.0410. The van der Waals surface area contributed by atoms with Gasteiger partial charge in [0.1, 0.15) is 9.12 Å². The second-order valence-corrected chi connectivity index (χ2v) is 5.14. The maximum absolute atomic E-state index is 12.9. The summed E-state index contributed by atoms with van der Waals surface area (Å²) in [5.41, 5.74) is 4.35. The number of hydrogen-bond donors (Lipinski definition) is 0. The van der Waals surface area contributed by atoms with Crippen LogP contribution in [0.15, 0.2) is 30.3 Å². The summed E-state index contributed by atoms with van der Waals surface area (Å²) in [6, 6.07) is 9.39. The van der Waals surface area contributed by atoms with E-state index in [-0.39, 0.29) is 5.78 Å². The molecule has 2 aromatic carbocycles. The van der Waals surface area contributed by atoms with Gasteiger partial charge < -0.3 is 9.47 Å². The third kappa shape index (κ3) is 3.96. The molecule has 0 saturated carbocycles. The molecule has 0 aromatic heterocycles. The van der Waals surface area contributed by atoms with E-state index in [0.717, 1.165) is 22.3 Å². The molecule has 0 aliphatic carbocycles. The monoisotopic (exact) mass is 332 g/mol. The van der Waals surface area contributed by atoms with E-state index in [2.05, 4.69) is 0 Å². The van der Waals surface area contributed by atoms with Gasteiger partial charge >= 0.3 is 0 Å². The Kier molecular flexibility index (Phi) is 6.92. The molecule has 0 aliphatic heterocycles. The number of methoxy groups -OCH3 is 2. The summed E-state index contributed by atoms with van der Waals surface area (Å²) in [6.45, 7) is 5.94. The zero-order valence-electron chi connectivity index (χ0n) is 14.0. The first-order chi connectivity index (χ1) is 11.0. The molecule has 0 saturated heterocycles. The van der Waals surface area contributed by atoms with Gasteiger partial charge in [0.2, 0.25) is 0 Å². The molecule has 0 spiro atoms. The molecular formula is C18H21O4P. The highest BCUT2D eigenvalue weighted by atomic mass is 31.0. The van der Waals surface area contributed by atoms with Gasteiger partial charge in [0.15, 0.2) is 17.3 Å². The number of ether oxygens (including phenoxy) is 2. The largest absolute Gasteiger partial charge is 0.493 e. The van der Waals surface area contributed by atoms with Crippen LogP contribution in [-0.4, -0.2) is 20.0 Å². The first-order valence-corrected chi connectivity index (χ1v) is 7.44. The van der Waals surface area contributed by atoms with Crippen molar-refractivity contribution in [1.29, 1.82) is 0 Å². The molecule has 23 heavy (non-hydrogen) atoms. The number of ketones is 1. The lowest BCUT2D eigenvalue weighted by Gasteiger charge is -2.14. The Labute approximate surface area is 139 Å². The van der Waals surface area contributed by atoms with Crippen molar-refractivity contribution >= 4 is 14.9 Å². The molecule has 2 aromatic rings. The van der Waals surface area contributed by atoms with Crippen LogP contribution in [0.3, 0.4) is 0 Å². The van der Waals surface area contributed by atoms with Gasteiger partial charge in [-0.1, -0.05) is 23.8 Å². The zero-order valence-corrected chi connectivity index (χ0v) is 15.0. The molecule has 2 rings (SSSR count). The molecule has 0 aliphatic rings. The summed E-state index contributed by atoms with van der Waals surface area (Å²) in [5, 5.41) is 0. The van der Waals surface area contributed by atoms with E-state index in [1.54, 1.807) is 41.5 Å². The van der Waals surface area contributed by atoms with E-state index in [1.807, 2.05) is 32.9 Å². The number of rotatable bonds is 4. The van der Waals surface area contributed by atoms with Crippen molar-refractivity contribution in [3.63, 3.8) is 0 Å². The van der Waals surface area contributed by atoms with Gasteiger partial charge in [0, 0.05) is 5.56 Å². The van der Waals surface area contributed by atoms with E-state index in [9.17, 15) is 4.79 Å². The van der Waals surface area contributed by atoms with Gasteiger partial charge in [-0.25, -0.2) is 0 Å². The Morgan fingerprint density at radius 3 is 2.00 bits per heavy atom. The molecule has 0 bridgehead atoms. The fourth-order valence-corrected chi connectivity index (χ4v) is 2.74. The Balaban J connectivity index is 0.00000127. The van der Waals surface area contributed by atoms with Gasteiger partial charge in [-0.3, -0.25) is 9.36 Å². The van der Waals surface area contributed by atoms with Crippen LogP contribution < -0.4 is 9.47 Å². The third-order valence-corrected chi connectivity index (χ3v) is 3.55. The Morgan fingerprint density at radius 1 is 0.957 bits per heavy atom. The van der Waals surface area contributed by atoms with E-state index in [1.165, 1.54) is 0 Å². The summed E-state index contributed by atoms with van der Waals surface area (Å²) in [6.07, 6.45) is 0. The molecule has 0 radical (unpaired) electrons. The first-order valence-electron chi connectivity index (χ1n) is 7.03. The van der Waals surface area contributed by atoms with Crippen molar-refractivity contribution in [1.82, 2.24) is 0 Å². The minimum absolute atomic E-state index is 0.0410. The number of aryl methyl sites for hydroxylation is 3. The molecule has 0 unspecified atom stereocenters. The maximum Gasteiger partial charge on any atom is 0.197 e. The summed E-state index contributed by atoms with van der Waals surface area (Å²) in [7, 11) is 4.83. The normalized spacial score (nSPS) is 9.61. The molecule has 0 amide bonds. The summed E-state index contributed by atoms with van der Waals surface area (Å²) < 4.78 is 18.7. The molecule has 4 nitrogen and oxygen atoms in total. The molecule has 5 heteroatoms. The molecule has 0 fully saturated rings. The number of carbonyl (C=O) groups is 1. The van der Waals surface area contributed by atoms with E-state index >= 15 is 0 Å². The predicted octanol–water partition coefficient (Wildman–Crippen LogP) is 4.33. The van der Waals surface area contributed by atoms with Crippen molar-refractivity contribution in [3.05, 3.63) is 58.1 Å². The van der Waals surface area contributed by atoms with Gasteiger partial charge in [0.25, 0.3) is 0 Å². The van der Waals surface area contributed by atoms with Crippen molar-refractivity contribution in [2.45, 2.75) is 20.8 Å². The maximum atomic E-state index is 12.9. The van der Waals surface area contributed by atoms with Crippen LogP contribution in [-0.2, 0) is 4.57 Å². The average Bonchev–Trinajstić information content (AvgIpc) is 2.54. The molecular weight excluding hydrogens is 311 g/mol. The van der Waals surface area contributed by atoms with Gasteiger partial charge in [-0.2, -0.15) is 0 Å². The Bertz CT molecular complexity index is 687. The molecule has 0 N–H and O–H groups in total. The topological polar surface area (TPSA) is 52.6 Å². The van der Waals surface area contributed by atoms with Gasteiger partial charge in [0.05, 0.1) is 19.8 Å². The van der Waals surface area contributed by atoms with Crippen LogP contribution in [0, 0.1) is 20.8 Å². The van der Waals surface area contributed by atoms with E-state index < -0.39 is 0 Å². The van der Waals surface area contributed by atoms with Crippen LogP contribution in [0.25, 0.3) is 0 Å². The van der Waals surface area contributed by atoms with Crippen molar-refractivity contribution in [3.8, 4) is 11.5 Å². The fraction of sp³-hybridized carbons (Fsp3) is 0.278. The molecule has 0 atom stereocenters. The molecule has 0 heterocycles. The van der Waals surface area contributed by atoms with Crippen LogP contribution >= 0.6 is 9.12 Å². The summed E-state index contributed by atoms with van der Waals surface area (Å²) >= 11 is 0. The van der Waals surface area contributed by atoms with Crippen molar-refractivity contribution in [2.24, 2.45) is 0 Å². The quantitative estimate of drug-likeness (QED) is 0.617. The highest BCUT2D eigenvalue weighted by molar-refractivity contribution is 7.00. The van der Waals surface area contributed by atoms with Crippen molar-refractivity contribution < 1.29 is 18.8 Å². The highest BCUT2D eigenvalue weighted by Crippen LogP contribution is 2.33. The summed E-state index contributed by atoms with van der Waals surface area (Å²) in [5.74, 6) is 0.996. The van der Waals surface area contributed by atoms with Gasteiger partial charge in [-0.05, 0) is 44.0 Å². The highest BCUT2D eigenvalue weighted by Gasteiger charge is 2.21. The fourth-order valence-electron chi connectivity index (χ4n) is 2.74. The van der Waals surface area contributed by atoms with Gasteiger partial charge in [-0.15, -0.1) is 0 Å². The third-order valence-electron chi connectivity index (χ3n) is 3.55. The standard InChI is InChI=1S/C18H20O3.HOP/c1-11-9-12(2)16(13(3)10-11)17(19)14-7-6-8-15(20-4)18(14)21-5;1-2/h6-10H,1-5H3;2H. The van der Waals surface area contributed by atoms with Crippen LogP contribution in [0.1, 0.15) is 32.6 Å². The lowest BCUT2D eigenvalue weighted by Crippen LogP contribution is -2.09. The molecule has 122 valence electrons. The number of carbonyl (C=O) groups excluding carboxylic acids is 1. The van der Waals surface area contributed by atoms with Crippen LogP contribution in [0.5, 0.6) is 11.5 Å². The zero-order chi connectivity index (χ0) is 17.6. The van der Waals surface area contributed by atoms with Crippen LogP contribution in [0.4, 0.5) is 0 Å². The lowest BCUT2D eigenvalue weighted by atomic mass is 9.92. The second kappa shape index (κ2) is 8.44. The van der Waals surface area contributed by atoms with E-state index in [4.69, 9.17) is 14.0 Å². The van der Waals surface area contributed by atoms with Crippen molar-refractivity contribution in [2.75, 3.05) is 14.2 Å². The second-order valence-electron chi connectivity index (χ2n) is 5.14. The van der Waals surface area contributed by atoms with Crippen LogP contribution in [0.2, 0.25) is 0 Å². The number of hydrogen-bond acceptors (Lipinski definition) is 4. The lowest BCUT2D eigenvalue weighted by molar-refractivity contribution is 0.103. The Hall–Kier alpha value is -2.19.